The topological polar surface area (TPSA) is 60.2 Å². The van der Waals surface area contributed by atoms with Crippen LogP contribution in [-0.2, 0) is 13.1 Å². The predicted molar refractivity (Wildman–Crippen MR) is 82.3 cm³/mol. The SMILES string of the molecule is Cl.Nc1ncc(CNCc2ccc(OCC(F)(F)F)cc2)s1. The first kappa shape index (κ1) is 18.5. The molecule has 2 aromatic rings. The van der Waals surface area contributed by atoms with Gasteiger partial charge in [0.05, 0.1) is 0 Å². The minimum atomic E-state index is -4.32. The van der Waals surface area contributed by atoms with Crippen molar-refractivity contribution >= 4 is 28.9 Å². The molecular formula is C13H15ClF3N3OS. The van der Waals surface area contributed by atoms with Crippen LogP contribution in [-0.4, -0.2) is 17.8 Å². The Kier molecular flexibility index (Phi) is 6.92. The summed E-state index contributed by atoms with van der Waals surface area (Å²) < 4.78 is 40.6. The van der Waals surface area contributed by atoms with Gasteiger partial charge in [0.15, 0.2) is 11.7 Å². The molecule has 0 bridgehead atoms. The Hall–Kier alpha value is -1.51. The van der Waals surface area contributed by atoms with Crippen molar-refractivity contribution in [2.75, 3.05) is 12.3 Å². The quantitative estimate of drug-likeness (QED) is 0.835. The van der Waals surface area contributed by atoms with E-state index in [4.69, 9.17) is 5.73 Å². The first-order valence-corrected chi connectivity index (χ1v) is 6.93. The number of ether oxygens (including phenoxy) is 1. The van der Waals surface area contributed by atoms with E-state index < -0.39 is 12.8 Å². The number of hydrogen-bond donors (Lipinski definition) is 2. The number of nitrogens with zero attached hydrogens (tertiary/aromatic N) is 1. The summed E-state index contributed by atoms with van der Waals surface area (Å²) in [5.41, 5.74) is 6.47. The summed E-state index contributed by atoms with van der Waals surface area (Å²) in [6, 6.07) is 6.49. The standard InChI is InChI=1S/C13H14F3N3OS.ClH/c14-13(15,16)8-20-10-3-1-9(2-4-10)5-18-6-11-7-19-12(17)21-11;/h1-4,7,18H,5-6,8H2,(H2,17,19);1H. The average molecular weight is 354 g/mol. The number of hydrogen-bond acceptors (Lipinski definition) is 5. The molecule has 22 heavy (non-hydrogen) atoms. The lowest BCUT2D eigenvalue weighted by atomic mass is 10.2. The fraction of sp³-hybridized carbons (Fsp3) is 0.308. The number of aromatic nitrogens is 1. The normalized spacial score (nSPS) is 11.0. The molecule has 0 atom stereocenters. The number of nitrogen functional groups attached to an aromatic ring is 1. The van der Waals surface area contributed by atoms with Crippen LogP contribution in [0.3, 0.4) is 0 Å². The molecule has 0 amide bonds. The number of halogens is 4. The predicted octanol–water partition coefficient (Wildman–Crippen LogP) is 3.38. The Morgan fingerprint density at radius 1 is 1.18 bits per heavy atom. The van der Waals surface area contributed by atoms with Gasteiger partial charge in [-0.1, -0.05) is 12.1 Å². The molecular weight excluding hydrogens is 339 g/mol. The molecule has 0 saturated heterocycles. The maximum Gasteiger partial charge on any atom is 0.422 e. The highest BCUT2D eigenvalue weighted by Crippen LogP contribution is 2.19. The van der Waals surface area contributed by atoms with Crippen LogP contribution < -0.4 is 15.8 Å². The van der Waals surface area contributed by atoms with E-state index in [9.17, 15) is 13.2 Å². The van der Waals surface area contributed by atoms with Crippen molar-refractivity contribution in [3.05, 3.63) is 40.9 Å². The summed E-state index contributed by atoms with van der Waals surface area (Å²) >= 11 is 1.41. The average Bonchev–Trinajstić information content (AvgIpc) is 2.83. The fourth-order valence-electron chi connectivity index (χ4n) is 1.60. The molecule has 9 heteroatoms. The van der Waals surface area contributed by atoms with Gasteiger partial charge >= 0.3 is 6.18 Å². The van der Waals surface area contributed by atoms with Crippen LogP contribution in [0.15, 0.2) is 30.5 Å². The van der Waals surface area contributed by atoms with Crippen LogP contribution in [0.1, 0.15) is 10.4 Å². The summed E-state index contributed by atoms with van der Waals surface area (Å²) in [5.74, 6) is 0.200. The van der Waals surface area contributed by atoms with Crippen LogP contribution in [0.4, 0.5) is 18.3 Å². The number of thiazole rings is 1. The van der Waals surface area contributed by atoms with Gasteiger partial charge in [-0.25, -0.2) is 4.98 Å². The number of rotatable bonds is 6. The van der Waals surface area contributed by atoms with Crippen LogP contribution in [0, 0.1) is 0 Å². The minimum absolute atomic E-state index is 0. The zero-order valence-corrected chi connectivity index (χ0v) is 13.0. The fourth-order valence-corrected chi connectivity index (χ4v) is 2.26. The molecule has 0 unspecified atom stereocenters. The third-order valence-corrected chi connectivity index (χ3v) is 3.35. The van der Waals surface area contributed by atoms with Gasteiger partial charge in [-0.15, -0.1) is 23.7 Å². The second-order valence-corrected chi connectivity index (χ2v) is 5.46. The highest BCUT2D eigenvalue weighted by atomic mass is 35.5. The summed E-state index contributed by atoms with van der Waals surface area (Å²) in [6.45, 7) is -0.0457. The zero-order valence-electron chi connectivity index (χ0n) is 11.4. The molecule has 4 nitrogen and oxygen atoms in total. The van der Waals surface area contributed by atoms with E-state index in [-0.39, 0.29) is 18.2 Å². The highest BCUT2D eigenvalue weighted by Gasteiger charge is 2.28. The lowest BCUT2D eigenvalue weighted by Crippen LogP contribution is -2.19. The molecule has 1 heterocycles. The molecule has 0 saturated carbocycles. The van der Waals surface area contributed by atoms with Crippen molar-refractivity contribution in [3.63, 3.8) is 0 Å². The number of benzene rings is 1. The molecule has 0 spiro atoms. The first-order chi connectivity index (χ1) is 9.92. The molecule has 1 aromatic carbocycles. The molecule has 1 aromatic heterocycles. The van der Waals surface area contributed by atoms with Crippen molar-refractivity contribution in [2.45, 2.75) is 19.3 Å². The number of alkyl halides is 3. The summed E-state index contributed by atoms with van der Waals surface area (Å²) in [5, 5.41) is 3.73. The van der Waals surface area contributed by atoms with Gasteiger partial charge in [0.25, 0.3) is 0 Å². The van der Waals surface area contributed by atoms with Gasteiger partial charge in [-0.05, 0) is 17.7 Å². The highest BCUT2D eigenvalue weighted by molar-refractivity contribution is 7.15. The van der Waals surface area contributed by atoms with E-state index in [1.165, 1.54) is 23.5 Å². The largest absolute Gasteiger partial charge is 0.484 e. The van der Waals surface area contributed by atoms with E-state index in [0.29, 0.717) is 18.2 Å². The van der Waals surface area contributed by atoms with E-state index in [1.807, 2.05) is 0 Å². The lowest BCUT2D eigenvalue weighted by molar-refractivity contribution is -0.153. The van der Waals surface area contributed by atoms with Crippen molar-refractivity contribution < 1.29 is 17.9 Å². The Labute approximate surface area is 135 Å². The first-order valence-electron chi connectivity index (χ1n) is 6.12. The zero-order chi connectivity index (χ0) is 15.3. The molecule has 0 radical (unpaired) electrons. The number of anilines is 1. The summed E-state index contributed by atoms with van der Waals surface area (Å²) in [4.78, 5) is 4.97. The van der Waals surface area contributed by atoms with E-state index in [1.54, 1.807) is 18.3 Å². The molecule has 0 aliphatic heterocycles. The number of nitrogens with one attached hydrogen (secondary N) is 1. The monoisotopic (exact) mass is 353 g/mol. The van der Waals surface area contributed by atoms with Crippen molar-refractivity contribution in [2.24, 2.45) is 0 Å². The van der Waals surface area contributed by atoms with Crippen LogP contribution in [0.5, 0.6) is 5.75 Å². The Balaban J connectivity index is 0.00000242. The third kappa shape index (κ3) is 6.50. The third-order valence-electron chi connectivity index (χ3n) is 2.53. The van der Waals surface area contributed by atoms with Crippen LogP contribution >= 0.6 is 23.7 Å². The second-order valence-electron chi connectivity index (χ2n) is 4.32. The van der Waals surface area contributed by atoms with Crippen molar-refractivity contribution in [3.8, 4) is 5.75 Å². The Morgan fingerprint density at radius 3 is 2.41 bits per heavy atom. The summed E-state index contributed by atoms with van der Waals surface area (Å²) in [7, 11) is 0. The van der Waals surface area contributed by atoms with Gasteiger partial charge in [0.1, 0.15) is 5.75 Å². The lowest BCUT2D eigenvalue weighted by Gasteiger charge is -2.09. The van der Waals surface area contributed by atoms with E-state index >= 15 is 0 Å². The number of nitrogens with two attached hydrogens (primary N) is 1. The smallest absolute Gasteiger partial charge is 0.422 e. The van der Waals surface area contributed by atoms with Crippen molar-refractivity contribution in [1.82, 2.24) is 10.3 Å². The van der Waals surface area contributed by atoms with Gasteiger partial charge in [-0.2, -0.15) is 13.2 Å². The van der Waals surface area contributed by atoms with E-state index in [2.05, 4.69) is 15.0 Å². The maximum absolute atomic E-state index is 12.0. The molecule has 0 fully saturated rings. The second kappa shape index (κ2) is 8.21. The van der Waals surface area contributed by atoms with Crippen LogP contribution in [0.25, 0.3) is 0 Å². The Morgan fingerprint density at radius 2 is 1.86 bits per heavy atom. The van der Waals surface area contributed by atoms with Crippen LogP contribution in [0.2, 0.25) is 0 Å². The van der Waals surface area contributed by atoms with Gasteiger partial charge < -0.3 is 15.8 Å². The Bertz CT molecular complexity index is 575. The minimum Gasteiger partial charge on any atom is -0.484 e. The van der Waals surface area contributed by atoms with Gasteiger partial charge in [0, 0.05) is 24.2 Å². The molecule has 0 aliphatic rings. The molecule has 122 valence electrons. The maximum atomic E-state index is 12.0. The molecule has 3 N–H and O–H groups in total. The van der Waals surface area contributed by atoms with E-state index in [0.717, 1.165) is 10.4 Å². The van der Waals surface area contributed by atoms with Gasteiger partial charge in [0.2, 0.25) is 0 Å². The van der Waals surface area contributed by atoms with Gasteiger partial charge in [-0.3, -0.25) is 0 Å². The van der Waals surface area contributed by atoms with Crippen molar-refractivity contribution in [1.29, 1.82) is 0 Å². The molecule has 0 aliphatic carbocycles. The molecule has 2 rings (SSSR count). The summed E-state index contributed by atoms with van der Waals surface area (Å²) in [6.07, 6.45) is -2.61.